The van der Waals surface area contributed by atoms with E-state index in [4.69, 9.17) is 9.47 Å². The second-order valence-electron chi connectivity index (χ2n) is 5.86. The lowest BCUT2D eigenvalue weighted by Crippen LogP contribution is -2.09. The molecule has 5 heteroatoms. The maximum Gasteiger partial charge on any atom is 0.331 e. The van der Waals surface area contributed by atoms with Gasteiger partial charge in [-0.25, -0.2) is 4.79 Å². The van der Waals surface area contributed by atoms with Crippen LogP contribution in [0.3, 0.4) is 0 Å². The summed E-state index contributed by atoms with van der Waals surface area (Å²) in [7, 11) is 0. The van der Waals surface area contributed by atoms with Crippen LogP contribution in [-0.2, 0) is 9.59 Å². The summed E-state index contributed by atoms with van der Waals surface area (Å²) in [5, 5.41) is 9.26. The molecule has 0 aliphatic carbocycles. The predicted octanol–water partition coefficient (Wildman–Crippen LogP) is 4.84. The van der Waals surface area contributed by atoms with Gasteiger partial charge < -0.3 is 14.6 Å². The van der Waals surface area contributed by atoms with Gasteiger partial charge in [-0.3, -0.25) is 4.79 Å². The zero-order valence-corrected chi connectivity index (χ0v) is 15.3. The van der Waals surface area contributed by atoms with Crippen molar-refractivity contribution in [3.05, 3.63) is 29.3 Å². The number of unbranched alkanes of at least 4 members (excludes halogenated alkanes) is 1. The van der Waals surface area contributed by atoms with Crippen LogP contribution in [0.25, 0.3) is 6.08 Å². The topological polar surface area (TPSA) is 72.8 Å². The SMILES string of the molecule is CCCCC(=O)Oc1ccc(C=C(CCC)C(=O)O)cc1OCCC. The van der Waals surface area contributed by atoms with Gasteiger partial charge in [-0.2, -0.15) is 0 Å². The number of carboxylic acids is 1. The fraction of sp³-hybridized carbons (Fsp3) is 0.500. The number of carbonyl (C=O) groups is 2. The van der Waals surface area contributed by atoms with E-state index in [1.165, 1.54) is 0 Å². The molecular formula is C20H28O5. The van der Waals surface area contributed by atoms with Crippen molar-refractivity contribution in [2.45, 2.75) is 59.3 Å². The van der Waals surface area contributed by atoms with Gasteiger partial charge in [-0.1, -0.05) is 39.7 Å². The standard InChI is InChI=1S/C20H28O5/c1-4-7-9-19(21)25-17-11-10-15(14-18(17)24-12-6-3)13-16(8-5-2)20(22)23/h10-11,13-14H,4-9,12H2,1-3H3,(H,22,23). The van der Waals surface area contributed by atoms with Crippen LogP contribution in [0.15, 0.2) is 23.8 Å². The van der Waals surface area contributed by atoms with Gasteiger partial charge in [-0.15, -0.1) is 0 Å². The Morgan fingerprint density at radius 1 is 1.04 bits per heavy atom. The van der Waals surface area contributed by atoms with Crippen molar-refractivity contribution >= 4 is 18.0 Å². The fourth-order valence-electron chi connectivity index (χ4n) is 2.23. The lowest BCUT2D eigenvalue weighted by atomic mass is 10.1. The molecule has 5 nitrogen and oxygen atoms in total. The average Bonchev–Trinajstić information content (AvgIpc) is 2.59. The first kappa shape index (κ1) is 20.7. The van der Waals surface area contributed by atoms with E-state index in [-0.39, 0.29) is 5.97 Å². The molecule has 0 fully saturated rings. The maximum atomic E-state index is 11.9. The molecule has 0 saturated carbocycles. The van der Waals surface area contributed by atoms with Crippen LogP contribution in [0.1, 0.15) is 64.9 Å². The summed E-state index contributed by atoms with van der Waals surface area (Å²) < 4.78 is 11.1. The minimum Gasteiger partial charge on any atom is -0.490 e. The first-order valence-electron chi connectivity index (χ1n) is 8.93. The van der Waals surface area contributed by atoms with E-state index >= 15 is 0 Å². The summed E-state index contributed by atoms with van der Waals surface area (Å²) in [4.78, 5) is 23.2. The molecule has 0 aromatic heterocycles. The van der Waals surface area contributed by atoms with Crippen molar-refractivity contribution in [1.82, 2.24) is 0 Å². The number of hydrogen-bond donors (Lipinski definition) is 1. The number of carboxylic acid groups (broad SMARTS) is 1. The van der Waals surface area contributed by atoms with Crippen molar-refractivity contribution in [1.29, 1.82) is 0 Å². The van der Waals surface area contributed by atoms with Gasteiger partial charge in [0.05, 0.1) is 6.61 Å². The van der Waals surface area contributed by atoms with Crippen molar-refractivity contribution < 1.29 is 24.2 Å². The number of rotatable bonds is 11. The van der Waals surface area contributed by atoms with Crippen LogP contribution < -0.4 is 9.47 Å². The van der Waals surface area contributed by atoms with Gasteiger partial charge in [0, 0.05) is 12.0 Å². The van der Waals surface area contributed by atoms with Crippen LogP contribution in [0, 0.1) is 0 Å². The molecule has 0 bridgehead atoms. The Kier molecular flexibility index (Phi) is 9.37. The zero-order chi connectivity index (χ0) is 18.7. The van der Waals surface area contributed by atoms with Crippen LogP contribution in [0.5, 0.6) is 11.5 Å². The van der Waals surface area contributed by atoms with Gasteiger partial charge in [0.25, 0.3) is 0 Å². The lowest BCUT2D eigenvalue weighted by molar-refractivity contribution is -0.135. The Morgan fingerprint density at radius 3 is 2.40 bits per heavy atom. The van der Waals surface area contributed by atoms with E-state index < -0.39 is 5.97 Å². The molecule has 0 aliphatic rings. The molecule has 0 radical (unpaired) electrons. The van der Waals surface area contributed by atoms with Gasteiger partial charge in [-0.05, 0) is 43.0 Å². The largest absolute Gasteiger partial charge is 0.490 e. The minimum absolute atomic E-state index is 0.288. The highest BCUT2D eigenvalue weighted by atomic mass is 16.6. The van der Waals surface area contributed by atoms with Crippen molar-refractivity contribution in [3.63, 3.8) is 0 Å². The van der Waals surface area contributed by atoms with E-state index in [0.29, 0.717) is 42.1 Å². The molecule has 0 heterocycles. The normalized spacial score (nSPS) is 11.2. The molecule has 0 spiro atoms. The number of hydrogen-bond acceptors (Lipinski definition) is 4. The van der Waals surface area contributed by atoms with Gasteiger partial charge >= 0.3 is 11.9 Å². The average molecular weight is 348 g/mol. The number of benzene rings is 1. The Bertz CT molecular complexity index is 604. The van der Waals surface area contributed by atoms with E-state index in [9.17, 15) is 14.7 Å². The molecular weight excluding hydrogens is 320 g/mol. The molecule has 0 amide bonds. The molecule has 25 heavy (non-hydrogen) atoms. The van der Waals surface area contributed by atoms with E-state index in [1.54, 1.807) is 24.3 Å². The Balaban J connectivity index is 3.05. The van der Waals surface area contributed by atoms with E-state index in [0.717, 1.165) is 25.7 Å². The lowest BCUT2D eigenvalue weighted by Gasteiger charge is -2.12. The van der Waals surface area contributed by atoms with Crippen molar-refractivity contribution in [2.75, 3.05) is 6.61 Å². The minimum atomic E-state index is -0.923. The van der Waals surface area contributed by atoms with Gasteiger partial charge in [0.1, 0.15) is 0 Å². The van der Waals surface area contributed by atoms with Crippen LogP contribution in [-0.4, -0.2) is 23.7 Å². The predicted molar refractivity (Wildman–Crippen MR) is 97.9 cm³/mol. The van der Waals surface area contributed by atoms with Crippen LogP contribution >= 0.6 is 0 Å². The summed E-state index contributed by atoms with van der Waals surface area (Å²) >= 11 is 0. The number of esters is 1. The molecule has 0 atom stereocenters. The number of ether oxygens (including phenoxy) is 2. The first-order valence-corrected chi connectivity index (χ1v) is 8.93. The smallest absolute Gasteiger partial charge is 0.331 e. The quantitative estimate of drug-likeness (QED) is 0.352. The summed E-state index contributed by atoms with van der Waals surface area (Å²) in [6, 6.07) is 5.11. The van der Waals surface area contributed by atoms with E-state index in [1.807, 2.05) is 20.8 Å². The molecule has 0 aliphatic heterocycles. The third kappa shape index (κ3) is 7.42. The van der Waals surface area contributed by atoms with Gasteiger partial charge in [0.2, 0.25) is 0 Å². The second-order valence-corrected chi connectivity index (χ2v) is 5.86. The summed E-state index contributed by atoms with van der Waals surface area (Å²) in [6.45, 7) is 6.43. The highest BCUT2D eigenvalue weighted by molar-refractivity contribution is 5.92. The number of aliphatic carboxylic acids is 1. The van der Waals surface area contributed by atoms with E-state index in [2.05, 4.69) is 0 Å². The van der Waals surface area contributed by atoms with Gasteiger partial charge in [0.15, 0.2) is 11.5 Å². The molecule has 1 aromatic rings. The molecule has 1 aromatic carbocycles. The maximum absolute atomic E-state index is 11.9. The molecule has 1 N–H and O–H groups in total. The molecule has 138 valence electrons. The molecule has 1 rings (SSSR count). The molecule has 0 saturated heterocycles. The van der Waals surface area contributed by atoms with Crippen molar-refractivity contribution in [3.8, 4) is 11.5 Å². The first-order chi connectivity index (χ1) is 12.0. The summed E-state index contributed by atoms with van der Waals surface area (Å²) in [5.74, 6) is -0.377. The summed E-state index contributed by atoms with van der Waals surface area (Å²) in [5.41, 5.74) is 1.06. The van der Waals surface area contributed by atoms with Crippen molar-refractivity contribution in [2.24, 2.45) is 0 Å². The molecule has 0 unspecified atom stereocenters. The third-order valence-corrected chi connectivity index (χ3v) is 3.52. The number of carbonyl (C=O) groups excluding carboxylic acids is 1. The van der Waals surface area contributed by atoms with Crippen LogP contribution in [0.4, 0.5) is 0 Å². The second kappa shape index (κ2) is 11.3. The Morgan fingerprint density at radius 2 is 1.80 bits per heavy atom. The highest BCUT2D eigenvalue weighted by Gasteiger charge is 2.12. The monoisotopic (exact) mass is 348 g/mol. The highest BCUT2D eigenvalue weighted by Crippen LogP contribution is 2.30. The fourth-order valence-corrected chi connectivity index (χ4v) is 2.23. The zero-order valence-electron chi connectivity index (χ0n) is 15.3. The third-order valence-electron chi connectivity index (χ3n) is 3.52. The Labute approximate surface area is 149 Å². The summed E-state index contributed by atoms with van der Waals surface area (Å²) in [6.07, 6.45) is 5.77. The Hall–Kier alpha value is -2.30. The van der Waals surface area contributed by atoms with Crippen LogP contribution in [0.2, 0.25) is 0 Å².